The van der Waals surface area contributed by atoms with Gasteiger partial charge in [-0.15, -0.1) is 0 Å². The van der Waals surface area contributed by atoms with E-state index in [4.69, 9.17) is 0 Å². The van der Waals surface area contributed by atoms with Gasteiger partial charge < -0.3 is 4.74 Å². The van der Waals surface area contributed by atoms with Crippen LogP contribution >= 0.6 is 0 Å². The first kappa shape index (κ1) is 12.9. The van der Waals surface area contributed by atoms with Crippen LogP contribution in [0.1, 0.15) is 18.9 Å². The van der Waals surface area contributed by atoms with Gasteiger partial charge in [0.15, 0.2) is 0 Å². The van der Waals surface area contributed by atoms with Crippen molar-refractivity contribution in [1.82, 2.24) is 9.78 Å². The van der Waals surface area contributed by atoms with E-state index in [2.05, 4.69) is 9.84 Å². The van der Waals surface area contributed by atoms with Crippen molar-refractivity contribution in [2.75, 3.05) is 7.11 Å². The van der Waals surface area contributed by atoms with Crippen molar-refractivity contribution in [3.63, 3.8) is 0 Å². The number of ether oxygens (including phenoxy) is 1. The first-order valence-corrected chi connectivity index (χ1v) is 6.32. The van der Waals surface area contributed by atoms with Gasteiger partial charge in [0.05, 0.1) is 25.5 Å². The number of nitrogens with zero attached hydrogens (tertiary/aromatic N) is 2. The Hall–Kier alpha value is -1.17. The largest absolute Gasteiger partial charge is 0.469 e. The topological polar surface area (TPSA) is 61.2 Å². The second-order valence-corrected chi connectivity index (χ2v) is 5.49. The van der Waals surface area contributed by atoms with E-state index in [-0.39, 0.29) is 17.6 Å². The standard InChI is InChI=1S/C10H16N2O3S/c1-8(4-10(13)15-3)16(14)7-9-5-11-12(2)6-9/h5-6,8H,4,7H2,1-3H3. The van der Waals surface area contributed by atoms with Crippen molar-refractivity contribution in [1.29, 1.82) is 0 Å². The maximum atomic E-state index is 11.8. The van der Waals surface area contributed by atoms with Gasteiger partial charge in [0.1, 0.15) is 0 Å². The lowest BCUT2D eigenvalue weighted by Gasteiger charge is -2.08. The van der Waals surface area contributed by atoms with Gasteiger partial charge >= 0.3 is 5.97 Å². The van der Waals surface area contributed by atoms with E-state index in [9.17, 15) is 9.00 Å². The number of esters is 1. The second kappa shape index (κ2) is 5.79. The molecule has 0 N–H and O–H groups in total. The van der Waals surface area contributed by atoms with Crippen LogP contribution in [0, 0.1) is 0 Å². The van der Waals surface area contributed by atoms with E-state index in [1.165, 1.54) is 7.11 Å². The summed E-state index contributed by atoms with van der Waals surface area (Å²) >= 11 is 0. The van der Waals surface area contributed by atoms with Crippen LogP contribution in [0.3, 0.4) is 0 Å². The minimum Gasteiger partial charge on any atom is -0.469 e. The average molecular weight is 244 g/mol. The molecule has 1 heterocycles. The van der Waals surface area contributed by atoms with Crippen LogP contribution in [0.4, 0.5) is 0 Å². The molecule has 1 rings (SSSR count). The number of rotatable bonds is 5. The molecular weight excluding hydrogens is 228 g/mol. The highest BCUT2D eigenvalue weighted by atomic mass is 32.2. The Labute approximate surface area is 97.2 Å². The summed E-state index contributed by atoms with van der Waals surface area (Å²) in [7, 11) is 2.06. The normalized spacial score (nSPS) is 14.4. The molecule has 1 aromatic rings. The summed E-state index contributed by atoms with van der Waals surface area (Å²) in [6.07, 6.45) is 3.69. The van der Waals surface area contributed by atoms with Crippen LogP contribution in [0.5, 0.6) is 0 Å². The third kappa shape index (κ3) is 3.77. The summed E-state index contributed by atoms with van der Waals surface area (Å²) in [6.45, 7) is 1.78. The summed E-state index contributed by atoms with van der Waals surface area (Å²) in [4.78, 5) is 11.0. The minimum atomic E-state index is -1.08. The molecule has 6 heteroatoms. The van der Waals surface area contributed by atoms with Gasteiger partial charge in [0.25, 0.3) is 0 Å². The molecule has 0 aliphatic carbocycles. The summed E-state index contributed by atoms with van der Waals surface area (Å²) in [5.41, 5.74) is 0.914. The summed E-state index contributed by atoms with van der Waals surface area (Å²) in [5, 5.41) is 3.80. The lowest BCUT2D eigenvalue weighted by atomic mass is 10.3. The van der Waals surface area contributed by atoms with E-state index in [1.807, 2.05) is 13.2 Å². The van der Waals surface area contributed by atoms with Crippen LogP contribution in [-0.2, 0) is 33.1 Å². The van der Waals surface area contributed by atoms with E-state index < -0.39 is 10.8 Å². The average Bonchev–Trinajstić information content (AvgIpc) is 2.63. The Kier molecular flexibility index (Phi) is 4.67. The Morgan fingerprint density at radius 1 is 1.69 bits per heavy atom. The number of hydrogen-bond donors (Lipinski definition) is 0. The number of aromatic nitrogens is 2. The SMILES string of the molecule is COC(=O)CC(C)S(=O)Cc1cnn(C)c1. The first-order valence-electron chi connectivity index (χ1n) is 4.94. The molecule has 0 aliphatic rings. The summed E-state index contributed by atoms with van der Waals surface area (Å²) in [5.74, 6) is 0.0958. The number of carbonyl (C=O) groups excluding carboxylic acids is 1. The lowest BCUT2D eigenvalue weighted by molar-refractivity contribution is -0.140. The second-order valence-electron chi connectivity index (χ2n) is 3.64. The van der Waals surface area contributed by atoms with Gasteiger partial charge in [0, 0.05) is 34.9 Å². The summed E-state index contributed by atoms with van der Waals surface area (Å²) < 4.78 is 18.0. The van der Waals surface area contributed by atoms with Crippen molar-refractivity contribution >= 4 is 16.8 Å². The summed E-state index contributed by atoms with van der Waals surface area (Å²) in [6, 6.07) is 0. The molecule has 2 unspecified atom stereocenters. The van der Waals surface area contributed by atoms with Gasteiger partial charge in [0.2, 0.25) is 0 Å². The maximum Gasteiger partial charge on any atom is 0.306 e. The van der Waals surface area contributed by atoms with E-state index in [0.29, 0.717) is 5.75 Å². The Balaban J connectivity index is 2.49. The van der Waals surface area contributed by atoms with Crippen molar-refractivity contribution in [2.45, 2.75) is 24.3 Å². The molecule has 0 fully saturated rings. The van der Waals surface area contributed by atoms with Crippen LogP contribution < -0.4 is 0 Å². The van der Waals surface area contributed by atoms with Gasteiger partial charge in [-0.25, -0.2) is 0 Å². The smallest absolute Gasteiger partial charge is 0.306 e. The molecular formula is C10H16N2O3S. The predicted molar refractivity (Wildman–Crippen MR) is 61.1 cm³/mol. The molecule has 16 heavy (non-hydrogen) atoms. The molecule has 0 amide bonds. The van der Waals surface area contributed by atoms with E-state index >= 15 is 0 Å². The predicted octanol–water partition coefficient (Wildman–Crippen LogP) is 0.620. The highest BCUT2D eigenvalue weighted by Gasteiger charge is 2.16. The van der Waals surface area contributed by atoms with Crippen molar-refractivity contribution in [3.8, 4) is 0 Å². The van der Waals surface area contributed by atoms with Crippen molar-refractivity contribution < 1.29 is 13.7 Å². The van der Waals surface area contributed by atoms with Gasteiger partial charge in [-0.3, -0.25) is 13.7 Å². The molecule has 2 atom stereocenters. The fourth-order valence-electron chi connectivity index (χ4n) is 1.26. The highest BCUT2D eigenvalue weighted by molar-refractivity contribution is 7.84. The van der Waals surface area contributed by atoms with Crippen molar-refractivity contribution in [2.24, 2.45) is 7.05 Å². The third-order valence-corrected chi connectivity index (χ3v) is 3.88. The lowest BCUT2D eigenvalue weighted by Crippen LogP contribution is -2.18. The molecule has 1 aromatic heterocycles. The number of methoxy groups -OCH3 is 1. The molecule has 0 spiro atoms. The van der Waals surface area contributed by atoms with E-state index in [0.717, 1.165) is 5.56 Å². The molecule has 0 bridgehead atoms. The van der Waals surface area contributed by atoms with Crippen molar-refractivity contribution in [3.05, 3.63) is 18.0 Å². The molecule has 5 nitrogen and oxygen atoms in total. The fraction of sp³-hybridized carbons (Fsp3) is 0.600. The Bertz CT molecular complexity index is 389. The van der Waals surface area contributed by atoms with Crippen LogP contribution in [0.15, 0.2) is 12.4 Å². The zero-order valence-corrected chi connectivity index (χ0v) is 10.5. The minimum absolute atomic E-state index is 0.184. The van der Waals surface area contributed by atoms with Gasteiger partial charge in [-0.05, 0) is 0 Å². The molecule has 90 valence electrons. The molecule has 0 saturated carbocycles. The molecule has 0 aliphatic heterocycles. The molecule has 0 aromatic carbocycles. The highest BCUT2D eigenvalue weighted by Crippen LogP contribution is 2.09. The van der Waals surface area contributed by atoms with Gasteiger partial charge in [-0.2, -0.15) is 5.10 Å². The van der Waals surface area contributed by atoms with Gasteiger partial charge in [-0.1, -0.05) is 6.92 Å². The number of aryl methyl sites for hydroxylation is 1. The maximum absolute atomic E-state index is 11.8. The van der Waals surface area contributed by atoms with Crippen LogP contribution in [0.25, 0.3) is 0 Å². The number of carbonyl (C=O) groups is 1. The van der Waals surface area contributed by atoms with Crippen LogP contribution in [0.2, 0.25) is 0 Å². The molecule has 0 radical (unpaired) electrons. The monoisotopic (exact) mass is 244 g/mol. The molecule has 0 saturated heterocycles. The third-order valence-electron chi connectivity index (χ3n) is 2.20. The van der Waals surface area contributed by atoms with Crippen LogP contribution in [-0.4, -0.2) is 32.3 Å². The fourth-order valence-corrected chi connectivity index (χ4v) is 2.35. The number of hydrogen-bond acceptors (Lipinski definition) is 4. The first-order chi connectivity index (χ1) is 7.52. The zero-order valence-electron chi connectivity index (χ0n) is 9.67. The van der Waals surface area contributed by atoms with E-state index in [1.54, 1.807) is 17.8 Å². The Morgan fingerprint density at radius 2 is 2.38 bits per heavy atom. The zero-order chi connectivity index (χ0) is 12.1. The Morgan fingerprint density at radius 3 is 2.88 bits per heavy atom. The quantitative estimate of drug-likeness (QED) is 0.712.